The molecular weight excluding hydrogens is 456 g/mol. The zero-order valence-corrected chi connectivity index (χ0v) is 19.6. The van der Waals surface area contributed by atoms with Crippen molar-refractivity contribution in [1.29, 1.82) is 0 Å². The Labute approximate surface area is 191 Å². The molecule has 1 aromatic heterocycles. The van der Waals surface area contributed by atoms with Crippen LogP contribution in [0.15, 0.2) is 29.4 Å². The van der Waals surface area contributed by atoms with Gasteiger partial charge in [0.1, 0.15) is 5.82 Å². The summed E-state index contributed by atoms with van der Waals surface area (Å²) in [5.41, 5.74) is 8.75. The maximum Gasteiger partial charge on any atom is 0.233 e. The minimum absolute atomic E-state index is 0.0587. The molecule has 1 aliphatic heterocycles. The van der Waals surface area contributed by atoms with E-state index in [0.29, 0.717) is 28.8 Å². The van der Waals surface area contributed by atoms with E-state index in [1.165, 1.54) is 11.8 Å². The Morgan fingerprint density at radius 1 is 1.19 bits per heavy atom. The maximum absolute atomic E-state index is 13.0. The van der Waals surface area contributed by atoms with E-state index in [2.05, 4.69) is 9.97 Å². The number of hydrogen-bond acceptors (Lipinski definition) is 7. The topological polar surface area (TPSA) is 106 Å². The molecule has 1 saturated carbocycles. The van der Waals surface area contributed by atoms with Crippen LogP contribution in [-0.2, 0) is 21.1 Å². The Hall–Kier alpha value is -1.84. The summed E-state index contributed by atoms with van der Waals surface area (Å²) in [6.07, 6.45) is 3.06. The lowest BCUT2D eigenvalue weighted by Crippen LogP contribution is -2.43. The SMILES string of the molecule is CCc1nc(SCC(=O)N(C2CC2)C2CCS(=O)(=O)C2)nc(N)c1-c1ccc(Cl)cc1. The van der Waals surface area contributed by atoms with Crippen LogP contribution >= 0.6 is 23.4 Å². The smallest absolute Gasteiger partial charge is 0.233 e. The maximum atomic E-state index is 13.0. The number of anilines is 1. The molecule has 2 fully saturated rings. The summed E-state index contributed by atoms with van der Waals surface area (Å²) in [5, 5.41) is 1.09. The zero-order chi connectivity index (χ0) is 22.2. The second-order valence-corrected chi connectivity index (χ2v) is 11.6. The molecule has 2 N–H and O–H groups in total. The van der Waals surface area contributed by atoms with Crippen molar-refractivity contribution < 1.29 is 13.2 Å². The van der Waals surface area contributed by atoms with Crippen molar-refractivity contribution in [3.8, 4) is 11.1 Å². The first-order valence-electron chi connectivity index (χ1n) is 10.3. The minimum atomic E-state index is -3.05. The molecule has 2 aliphatic rings. The molecule has 166 valence electrons. The van der Waals surface area contributed by atoms with Gasteiger partial charge >= 0.3 is 0 Å². The predicted molar refractivity (Wildman–Crippen MR) is 124 cm³/mol. The van der Waals surface area contributed by atoms with E-state index in [-0.39, 0.29) is 35.2 Å². The Morgan fingerprint density at radius 3 is 2.48 bits per heavy atom. The van der Waals surface area contributed by atoms with Gasteiger partial charge in [0.15, 0.2) is 15.0 Å². The van der Waals surface area contributed by atoms with Gasteiger partial charge in [-0.15, -0.1) is 0 Å². The first kappa shape index (κ1) is 22.4. The average Bonchev–Trinajstić information content (AvgIpc) is 3.49. The van der Waals surface area contributed by atoms with Crippen molar-refractivity contribution in [3.63, 3.8) is 0 Å². The Kier molecular flexibility index (Phi) is 6.46. The summed E-state index contributed by atoms with van der Waals surface area (Å²) in [7, 11) is -3.05. The number of aryl methyl sites for hydroxylation is 1. The molecule has 1 aromatic carbocycles. The van der Waals surface area contributed by atoms with Crippen molar-refractivity contribution in [2.24, 2.45) is 0 Å². The van der Waals surface area contributed by atoms with E-state index in [4.69, 9.17) is 17.3 Å². The fourth-order valence-corrected chi connectivity index (χ4v) is 6.58. The van der Waals surface area contributed by atoms with Crippen molar-refractivity contribution in [1.82, 2.24) is 14.9 Å². The third-order valence-corrected chi connectivity index (χ3v) is 8.45. The Balaban J connectivity index is 1.49. The number of halogens is 1. The number of thioether (sulfide) groups is 1. The number of rotatable bonds is 7. The van der Waals surface area contributed by atoms with Crippen LogP contribution in [-0.4, -0.2) is 58.5 Å². The highest BCUT2D eigenvalue weighted by molar-refractivity contribution is 7.99. The second-order valence-electron chi connectivity index (χ2n) is 7.95. The third kappa shape index (κ3) is 5.15. The lowest BCUT2D eigenvalue weighted by molar-refractivity contribution is -0.130. The van der Waals surface area contributed by atoms with Gasteiger partial charge in [-0.3, -0.25) is 4.79 Å². The van der Waals surface area contributed by atoms with Gasteiger partial charge in [0, 0.05) is 22.7 Å². The highest BCUT2D eigenvalue weighted by Gasteiger charge is 2.41. The number of nitrogen functional groups attached to an aromatic ring is 1. The molecule has 2 heterocycles. The summed E-state index contributed by atoms with van der Waals surface area (Å²) in [6, 6.07) is 7.32. The minimum Gasteiger partial charge on any atom is -0.383 e. The van der Waals surface area contributed by atoms with E-state index in [1.54, 1.807) is 17.0 Å². The van der Waals surface area contributed by atoms with Gasteiger partial charge in [0.25, 0.3) is 0 Å². The number of carbonyl (C=O) groups excluding carboxylic acids is 1. The monoisotopic (exact) mass is 480 g/mol. The second kappa shape index (κ2) is 8.96. The van der Waals surface area contributed by atoms with Crippen LogP contribution in [0.25, 0.3) is 11.1 Å². The van der Waals surface area contributed by atoms with Crippen LogP contribution in [0.2, 0.25) is 5.02 Å². The van der Waals surface area contributed by atoms with Gasteiger partial charge in [-0.25, -0.2) is 18.4 Å². The molecule has 7 nitrogen and oxygen atoms in total. The number of carbonyl (C=O) groups is 1. The van der Waals surface area contributed by atoms with Gasteiger partial charge in [0.05, 0.1) is 23.0 Å². The quantitative estimate of drug-likeness (QED) is 0.479. The van der Waals surface area contributed by atoms with E-state index in [0.717, 1.165) is 29.7 Å². The largest absolute Gasteiger partial charge is 0.383 e. The molecular formula is C21H25ClN4O3S2. The standard InChI is InChI=1S/C21H25ClN4O3S2/c1-2-17-19(13-3-5-14(22)6-4-13)20(23)25-21(24-17)30-11-18(27)26(15-7-8-15)16-9-10-31(28,29)12-16/h3-6,15-16H,2,7-12H2,1H3,(H2,23,24,25). The van der Waals surface area contributed by atoms with Gasteiger partial charge in [0.2, 0.25) is 5.91 Å². The number of hydrogen-bond donors (Lipinski definition) is 1. The molecule has 0 radical (unpaired) electrons. The number of benzene rings is 1. The van der Waals surface area contributed by atoms with Crippen molar-refractivity contribution >= 4 is 44.9 Å². The summed E-state index contributed by atoms with van der Waals surface area (Å²) in [6.45, 7) is 2.00. The van der Waals surface area contributed by atoms with Crippen LogP contribution < -0.4 is 5.73 Å². The first-order valence-corrected chi connectivity index (χ1v) is 13.5. The Bertz CT molecular complexity index is 1090. The molecule has 1 amide bonds. The fourth-order valence-electron chi connectivity index (χ4n) is 4.01. The van der Waals surface area contributed by atoms with Gasteiger partial charge in [-0.2, -0.15) is 0 Å². The van der Waals surface area contributed by atoms with E-state index >= 15 is 0 Å². The third-order valence-electron chi connectivity index (χ3n) is 5.61. The number of nitrogens with zero attached hydrogens (tertiary/aromatic N) is 3. The molecule has 1 unspecified atom stereocenters. The summed E-state index contributed by atoms with van der Waals surface area (Å²) < 4.78 is 23.8. The number of sulfone groups is 1. The average molecular weight is 481 g/mol. The predicted octanol–water partition coefficient (Wildman–Crippen LogP) is 3.21. The lowest BCUT2D eigenvalue weighted by atomic mass is 10.0. The molecule has 0 spiro atoms. The van der Waals surface area contributed by atoms with E-state index < -0.39 is 9.84 Å². The molecule has 1 aliphatic carbocycles. The first-order chi connectivity index (χ1) is 14.8. The molecule has 31 heavy (non-hydrogen) atoms. The van der Waals surface area contributed by atoms with Crippen LogP contribution in [0, 0.1) is 0 Å². The molecule has 1 atom stereocenters. The van der Waals surface area contributed by atoms with Gasteiger partial charge < -0.3 is 10.6 Å². The highest BCUT2D eigenvalue weighted by Crippen LogP contribution is 2.34. The highest BCUT2D eigenvalue weighted by atomic mass is 35.5. The van der Waals surface area contributed by atoms with Crippen LogP contribution in [0.3, 0.4) is 0 Å². The molecule has 1 saturated heterocycles. The molecule has 0 bridgehead atoms. The normalized spacial score (nSPS) is 20.0. The van der Waals surface area contributed by atoms with E-state index in [9.17, 15) is 13.2 Å². The van der Waals surface area contributed by atoms with Crippen molar-refractivity contribution in [2.75, 3.05) is 23.0 Å². The summed E-state index contributed by atoms with van der Waals surface area (Å²) in [5.74, 6) is 0.698. The fraction of sp³-hybridized carbons (Fsp3) is 0.476. The van der Waals surface area contributed by atoms with Crippen LogP contribution in [0.1, 0.15) is 31.9 Å². The summed E-state index contributed by atoms with van der Waals surface area (Å²) in [4.78, 5) is 23.8. The zero-order valence-electron chi connectivity index (χ0n) is 17.3. The Morgan fingerprint density at radius 2 is 1.90 bits per heavy atom. The van der Waals surface area contributed by atoms with Crippen LogP contribution in [0.5, 0.6) is 0 Å². The van der Waals surface area contributed by atoms with Crippen molar-refractivity contribution in [3.05, 3.63) is 35.0 Å². The lowest BCUT2D eigenvalue weighted by Gasteiger charge is -2.28. The van der Waals surface area contributed by atoms with Gasteiger partial charge in [-0.1, -0.05) is 42.4 Å². The molecule has 10 heteroatoms. The van der Waals surface area contributed by atoms with Crippen molar-refractivity contribution in [2.45, 2.75) is 49.8 Å². The van der Waals surface area contributed by atoms with E-state index in [1.807, 2.05) is 19.1 Å². The van der Waals surface area contributed by atoms with Crippen LogP contribution in [0.4, 0.5) is 5.82 Å². The van der Waals surface area contributed by atoms with Gasteiger partial charge in [-0.05, 0) is 43.4 Å². The molecule has 4 rings (SSSR count). The summed E-state index contributed by atoms with van der Waals surface area (Å²) >= 11 is 7.24. The number of amides is 1. The number of aromatic nitrogens is 2. The number of nitrogens with two attached hydrogens (primary N) is 1. The molecule has 2 aromatic rings.